The van der Waals surface area contributed by atoms with Crippen molar-refractivity contribution in [2.75, 3.05) is 16.6 Å². The van der Waals surface area contributed by atoms with Gasteiger partial charge in [-0.05, 0) is 66.7 Å². The second kappa shape index (κ2) is 8.63. The Balaban J connectivity index is 1.91. The van der Waals surface area contributed by atoms with E-state index < -0.39 is 25.9 Å². The lowest BCUT2D eigenvalue weighted by Gasteiger charge is -2.14. The number of nitriles is 1. The summed E-state index contributed by atoms with van der Waals surface area (Å²) in [6.45, 7) is 0. The molecule has 0 unspecified atom stereocenters. The van der Waals surface area contributed by atoms with Crippen LogP contribution in [0.3, 0.4) is 0 Å². The van der Waals surface area contributed by atoms with Gasteiger partial charge >= 0.3 is 0 Å². The van der Waals surface area contributed by atoms with Crippen LogP contribution < -0.4 is 14.2 Å². The van der Waals surface area contributed by atoms with Crippen molar-refractivity contribution in [1.82, 2.24) is 0 Å². The van der Waals surface area contributed by atoms with Crippen molar-refractivity contribution in [3.63, 3.8) is 0 Å². The van der Waals surface area contributed by atoms with Crippen molar-refractivity contribution in [3.05, 3.63) is 78.1 Å². The van der Waals surface area contributed by atoms with Gasteiger partial charge in [0.05, 0.1) is 39.9 Å². The largest absolute Gasteiger partial charge is 0.495 e. The van der Waals surface area contributed by atoms with E-state index in [4.69, 9.17) is 10.00 Å². The Morgan fingerprint density at radius 3 is 1.94 bits per heavy atom. The van der Waals surface area contributed by atoms with E-state index in [1.165, 1.54) is 49.6 Å². The predicted molar refractivity (Wildman–Crippen MR) is 112 cm³/mol. The van der Waals surface area contributed by atoms with Gasteiger partial charge in [0.25, 0.3) is 20.0 Å². The second-order valence-electron chi connectivity index (χ2n) is 6.22. The first-order valence-corrected chi connectivity index (χ1v) is 11.6. The number of hydrogen-bond acceptors (Lipinski definition) is 6. The van der Waals surface area contributed by atoms with E-state index in [2.05, 4.69) is 9.44 Å². The van der Waals surface area contributed by atoms with Gasteiger partial charge in [0.2, 0.25) is 0 Å². The molecule has 0 aliphatic heterocycles. The molecule has 0 amide bonds. The maximum atomic E-state index is 13.1. The van der Waals surface area contributed by atoms with E-state index >= 15 is 0 Å². The molecular weight excluding hydrogens is 445 g/mol. The first-order valence-electron chi connectivity index (χ1n) is 8.64. The van der Waals surface area contributed by atoms with Gasteiger partial charge in [0, 0.05) is 0 Å². The summed E-state index contributed by atoms with van der Waals surface area (Å²) in [6, 6.07) is 15.4. The van der Waals surface area contributed by atoms with Crippen LogP contribution in [0.1, 0.15) is 5.56 Å². The van der Waals surface area contributed by atoms with Gasteiger partial charge in [0.15, 0.2) is 0 Å². The fourth-order valence-corrected chi connectivity index (χ4v) is 4.70. The third-order valence-electron chi connectivity index (χ3n) is 4.11. The number of rotatable bonds is 7. The zero-order valence-electron chi connectivity index (χ0n) is 16.0. The lowest BCUT2D eigenvalue weighted by atomic mass is 10.2. The SMILES string of the molecule is COc1ccc(NS(=O)(=O)c2ccc(C#N)cc2)cc1NS(=O)(=O)c1ccc(F)cc1. The summed E-state index contributed by atoms with van der Waals surface area (Å²) in [5.41, 5.74) is 0.356. The number of nitrogens with one attached hydrogen (secondary N) is 2. The van der Waals surface area contributed by atoms with Crippen molar-refractivity contribution in [2.45, 2.75) is 9.79 Å². The van der Waals surface area contributed by atoms with Gasteiger partial charge < -0.3 is 4.74 Å². The van der Waals surface area contributed by atoms with Crippen LogP contribution in [0.2, 0.25) is 0 Å². The van der Waals surface area contributed by atoms with E-state index in [1.807, 2.05) is 6.07 Å². The molecule has 0 heterocycles. The van der Waals surface area contributed by atoms with Crippen LogP contribution in [-0.4, -0.2) is 23.9 Å². The van der Waals surface area contributed by atoms with Gasteiger partial charge in [0.1, 0.15) is 11.6 Å². The predicted octanol–water partition coefficient (Wildman–Crippen LogP) is 3.31. The summed E-state index contributed by atoms with van der Waals surface area (Å²) in [5.74, 6) is -0.442. The van der Waals surface area contributed by atoms with Gasteiger partial charge in [-0.1, -0.05) is 0 Å². The number of methoxy groups -OCH3 is 1. The Morgan fingerprint density at radius 1 is 0.839 bits per heavy atom. The zero-order chi connectivity index (χ0) is 22.6. The number of sulfonamides is 2. The van der Waals surface area contributed by atoms with Crippen molar-refractivity contribution in [3.8, 4) is 11.8 Å². The van der Waals surface area contributed by atoms with Crippen LogP contribution in [0.25, 0.3) is 0 Å². The Labute approximate surface area is 179 Å². The van der Waals surface area contributed by atoms with E-state index in [-0.39, 0.29) is 26.9 Å². The van der Waals surface area contributed by atoms with Crippen LogP contribution in [0, 0.1) is 17.1 Å². The first-order chi connectivity index (χ1) is 14.6. The smallest absolute Gasteiger partial charge is 0.262 e. The Morgan fingerprint density at radius 2 is 1.39 bits per heavy atom. The van der Waals surface area contributed by atoms with E-state index in [1.54, 1.807) is 0 Å². The molecule has 3 rings (SSSR count). The molecule has 0 aromatic heterocycles. The van der Waals surface area contributed by atoms with Crippen LogP contribution >= 0.6 is 0 Å². The molecule has 3 aromatic carbocycles. The third-order valence-corrected chi connectivity index (χ3v) is 6.89. The highest BCUT2D eigenvalue weighted by atomic mass is 32.2. The molecule has 0 aliphatic rings. The van der Waals surface area contributed by atoms with E-state index in [0.29, 0.717) is 5.56 Å². The zero-order valence-corrected chi connectivity index (χ0v) is 17.7. The Kier molecular flexibility index (Phi) is 6.14. The maximum Gasteiger partial charge on any atom is 0.262 e. The second-order valence-corrected chi connectivity index (χ2v) is 9.58. The molecule has 11 heteroatoms. The van der Waals surface area contributed by atoms with Crippen LogP contribution in [0.4, 0.5) is 15.8 Å². The van der Waals surface area contributed by atoms with E-state index in [9.17, 15) is 21.2 Å². The van der Waals surface area contributed by atoms with Crippen LogP contribution in [-0.2, 0) is 20.0 Å². The minimum atomic E-state index is -4.09. The normalized spacial score (nSPS) is 11.4. The molecule has 3 aromatic rings. The molecule has 0 bridgehead atoms. The van der Waals surface area contributed by atoms with Crippen LogP contribution in [0.5, 0.6) is 5.75 Å². The molecule has 0 fully saturated rings. The topological polar surface area (TPSA) is 125 Å². The van der Waals surface area contributed by atoms with Gasteiger partial charge in [-0.25, -0.2) is 21.2 Å². The lowest BCUT2D eigenvalue weighted by molar-refractivity contribution is 0.417. The van der Waals surface area contributed by atoms with Gasteiger partial charge in [-0.3, -0.25) is 9.44 Å². The highest BCUT2D eigenvalue weighted by Gasteiger charge is 2.19. The molecule has 0 spiro atoms. The molecule has 0 radical (unpaired) electrons. The Bertz CT molecular complexity index is 1350. The van der Waals surface area contributed by atoms with Crippen LogP contribution in [0.15, 0.2) is 76.5 Å². The molecule has 31 heavy (non-hydrogen) atoms. The number of hydrogen-bond donors (Lipinski definition) is 2. The number of anilines is 2. The molecule has 0 saturated carbocycles. The molecule has 160 valence electrons. The first kappa shape index (κ1) is 22.1. The third kappa shape index (κ3) is 5.11. The summed E-state index contributed by atoms with van der Waals surface area (Å²) in [5, 5.41) is 8.83. The van der Waals surface area contributed by atoms with Crippen molar-refractivity contribution in [2.24, 2.45) is 0 Å². The highest BCUT2D eigenvalue weighted by Crippen LogP contribution is 2.31. The summed E-state index contributed by atoms with van der Waals surface area (Å²) in [4.78, 5) is -0.254. The summed E-state index contributed by atoms with van der Waals surface area (Å²) < 4.78 is 73.3. The van der Waals surface area contributed by atoms with Gasteiger partial charge in [-0.2, -0.15) is 5.26 Å². The van der Waals surface area contributed by atoms with Crippen molar-refractivity contribution in [1.29, 1.82) is 5.26 Å². The molecule has 8 nitrogen and oxygen atoms in total. The van der Waals surface area contributed by atoms with Crippen molar-refractivity contribution < 1.29 is 26.0 Å². The molecule has 0 aliphatic carbocycles. The highest BCUT2D eigenvalue weighted by molar-refractivity contribution is 7.93. The summed E-state index contributed by atoms with van der Waals surface area (Å²) in [7, 11) is -6.76. The number of ether oxygens (including phenoxy) is 1. The minimum Gasteiger partial charge on any atom is -0.495 e. The number of halogens is 1. The molecule has 0 atom stereocenters. The average Bonchev–Trinajstić information content (AvgIpc) is 2.74. The maximum absolute atomic E-state index is 13.1. The lowest BCUT2D eigenvalue weighted by Crippen LogP contribution is -2.15. The molecular formula is C20H16FN3O5S2. The fourth-order valence-electron chi connectivity index (χ4n) is 2.59. The Hall–Kier alpha value is -3.62. The van der Waals surface area contributed by atoms with E-state index in [0.717, 1.165) is 24.3 Å². The fraction of sp³-hybridized carbons (Fsp3) is 0.0500. The monoisotopic (exact) mass is 461 g/mol. The molecule has 0 saturated heterocycles. The summed E-state index contributed by atoms with van der Waals surface area (Å²) in [6.07, 6.45) is 0. The quantitative estimate of drug-likeness (QED) is 0.556. The van der Waals surface area contributed by atoms with Crippen molar-refractivity contribution >= 4 is 31.4 Å². The molecule has 2 N–H and O–H groups in total. The summed E-state index contributed by atoms with van der Waals surface area (Å²) >= 11 is 0. The number of nitrogens with zero attached hydrogens (tertiary/aromatic N) is 1. The average molecular weight is 461 g/mol. The van der Waals surface area contributed by atoms with Gasteiger partial charge in [-0.15, -0.1) is 0 Å². The standard InChI is InChI=1S/C20H16FN3O5S2/c1-29-20-11-6-16(23-30(25,26)17-7-2-14(13-22)3-8-17)12-19(20)24-31(27,28)18-9-4-15(21)5-10-18/h2-12,23-24H,1H3. The minimum absolute atomic E-state index is 0.0214. The number of benzene rings is 3.